The van der Waals surface area contributed by atoms with Crippen LogP contribution in [0.2, 0.25) is 0 Å². The first kappa shape index (κ1) is 21.8. The summed E-state index contributed by atoms with van der Waals surface area (Å²) in [5, 5.41) is 0. The number of fused-ring (bicyclic) bond motifs is 1. The van der Waals surface area contributed by atoms with Crippen LogP contribution < -0.4 is 4.90 Å². The van der Waals surface area contributed by atoms with E-state index < -0.39 is 16.1 Å². The lowest BCUT2D eigenvalue weighted by Crippen LogP contribution is -2.48. The molecule has 2 aliphatic rings. The van der Waals surface area contributed by atoms with Gasteiger partial charge in [0.25, 0.3) is 0 Å². The van der Waals surface area contributed by atoms with Gasteiger partial charge < -0.3 is 9.80 Å². The number of anilines is 1. The third-order valence-electron chi connectivity index (χ3n) is 5.87. The largest absolute Gasteiger partial charge is 0.330 e. The van der Waals surface area contributed by atoms with Crippen LogP contribution in [0.15, 0.2) is 23.1 Å². The molecule has 0 bridgehead atoms. The lowest BCUT2D eigenvalue weighted by atomic mass is 10.1. The van der Waals surface area contributed by atoms with Gasteiger partial charge in [0.15, 0.2) is 0 Å². The Morgan fingerprint density at radius 1 is 1.17 bits per heavy atom. The van der Waals surface area contributed by atoms with Crippen molar-refractivity contribution in [3.05, 3.63) is 23.8 Å². The number of carbonyl (C=O) groups is 2. The van der Waals surface area contributed by atoms with Crippen LogP contribution in [0.5, 0.6) is 0 Å². The minimum absolute atomic E-state index is 0.0148. The van der Waals surface area contributed by atoms with Gasteiger partial charge in [0.2, 0.25) is 21.8 Å². The molecule has 0 spiro atoms. The molecule has 0 aromatic heterocycles. The summed E-state index contributed by atoms with van der Waals surface area (Å²) in [6.45, 7) is 9.32. The van der Waals surface area contributed by atoms with Crippen LogP contribution >= 0.6 is 0 Å². The minimum atomic E-state index is -3.53. The van der Waals surface area contributed by atoms with Gasteiger partial charge in [-0.1, -0.05) is 27.7 Å². The average molecular weight is 422 g/mol. The predicted molar refractivity (Wildman–Crippen MR) is 112 cm³/mol. The van der Waals surface area contributed by atoms with Gasteiger partial charge >= 0.3 is 0 Å². The second-order valence-corrected chi connectivity index (χ2v) is 9.90. The molecule has 7 nitrogen and oxygen atoms in total. The fourth-order valence-electron chi connectivity index (χ4n) is 4.28. The van der Waals surface area contributed by atoms with Crippen LogP contribution in [-0.4, -0.2) is 61.7 Å². The molecule has 160 valence electrons. The maximum absolute atomic E-state index is 13.2. The molecule has 0 aliphatic carbocycles. The molecule has 0 radical (unpaired) electrons. The van der Waals surface area contributed by atoms with E-state index in [2.05, 4.69) is 0 Å². The molecule has 1 atom stereocenters. The quantitative estimate of drug-likeness (QED) is 0.706. The third kappa shape index (κ3) is 3.92. The Kier molecular flexibility index (Phi) is 6.33. The van der Waals surface area contributed by atoms with Crippen molar-refractivity contribution in [1.82, 2.24) is 9.21 Å². The number of hydrogen-bond donors (Lipinski definition) is 0. The zero-order valence-corrected chi connectivity index (χ0v) is 18.5. The SMILES string of the molecule is CCN(CC)S(=O)(=O)c1ccc2c(c1)CCN2C(=O)C1CCCN1C(=O)C(C)C. The highest BCUT2D eigenvalue weighted by Gasteiger charge is 2.39. The fourth-order valence-corrected chi connectivity index (χ4v) is 5.79. The molecule has 0 saturated carbocycles. The molecule has 1 saturated heterocycles. The molecule has 1 aromatic rings. The summed E-state index contributed by atoms with van der Waals surface area (Å²) in [5.74, 6) is -0.183. The summed E-state index contributed by atoms with van der Waals surface area (Å²) in [7, 11) is -3.53. The first-order valence-corrected chi connectivity index (χ1v) is 11.9. The van der Waals surface area contributed by atoms with E-state index in [1.165, 1.54) is 4.31 Å². The number of amides is 2. The molecule has 1 fully saturated rings. The van der Waals surface area contributed by atoms with Crippen LogP contribution in [0.25, 0.3) is 0 Å². The van der Waals surface area contributed by atoms with E-state index in [0.717, 1.165) is 17.7 Å². The summed E-state index contributed by atoms with van der Waals surface area (Å²) in [5.41, 5.74) is 1.63. The number of carbonyl (C=O) groups excluding carboxylic acids is 2. The lowest BCUT2D eigenvalue weighted by molar-refractivity contribution is -0.139. The zero-order chi connectivity index (χ0) is 21.3. The number of sulfonamides is 1. The van der Waals surface area contributed by atoms with Crippen molar-refractivity contribution < 1.29 is 18.0 Å². The molecule has 1 aromatic carbocycles. The van der Waals surface area contributed by atoms with Crippen molar-refractivity contribution >= 4 is 27.5 Å². The maximum Gasteiger partial charge on any atom is 0.249 e. The van der Waals surface area contributed by atoms with Crippen molar-refractivity contribution in [3.63, 3.8) is 0 Å². The first-order chi connectivity index (χ1) is 13.7. The van der Waals surface area contributed by atoms with E-state index in [1.807, 2.05) is 27.7 Å². The van der Waals surface area contributed by atoms with E-state index in [4.69, 9.17) is 0 Å². The Morgan fingerprint density at radius 2 is 1.86 bits per heavy atom. The van der Waals surface area contributed by atoms with Gasteiger partial charge in [-0.05, 0) is 43.0 Å². The van der Waals surface area contributed by atoms with E-state index in [9.17, 15) is 18.0 Å². The minimum Gasteiger partial charge on any atom is -0.330 e. The van der Waals surface area contributed by atoms with Crippen LogP contribution in [0.3, 0.4) is 0 Å². The van der Waals surface area contributed by atoms with Gasteiger partial charge in [-0.15, -0.1) is 0 Å². The van der Waals surface area contributed by atoms with Crippen LogP contribution in [0.4, 0.5) is 5.69 Å². The number of nitrogens with zero attached hydrogens (tertiary/aromatic N) is 3. The molecule has 29 heavy (non-hydrogen) atoms. The summed E-state index contributed by atoms with van der Waals surface area (Å²) < 4.78 is 27.0. The van der Waals surface area contributed by atoms with Gasteiger partial charge in [-0.25, -0.2) is 8.42 Å². The predicted octanol–water partition coefficient (Wildman–Crippen LogP) is 2.25. The Balaban J connectivity index is 1.85. The molecular weight excluding hydrogens is 390 g/mol. The van der Waals surface area contributed by atoms with Crippen LogP contribution in [0.1, 0.15) is 46.1 Å². The zero-order valence-electron chi connectivity index (χ0n) is 17.7. The summed E-state index contributed by atoms with van der Waals surface area (Å²) in [4.78, 5) is 29.4. The number of benzene rings is 1. The van der Waals surface area contributed by atoms with Crippen molar-refractivity contribution in [2.24, 2.45) is 5.92 Å². The van der Waals surface area contributed by atoms with Gasteiger partial charge in [-0.2, -0.15) is 4.31 Å². The second kappa shape index (κ2) is 8.44. The number of rotatable bonds is 6. The summed E-state index contributed by atoms with van der Waals surface area (Å²) >= 11 is 0. The molecule has 2 heterocycles. The molecule has 1 unspecified atom stereocenters. The highest BCUT2D eigenvalue weighted by molar-refractivity contribution is 7.89. The van der Waals surface area contributed by atoms with Gasteiger partial charge in [0.1, 0.15) is 6.04 Å². The first-order valence-electron chi connectivity index (χ1n) is 10.5. The van der Waals surface area contributed by atoms with Gasteiger partial charge in [0, 0.05) is 37.8 Å². The normalized spacial score (nSPS) is 19.3. The smallest absolute Gasteiger partial charge is 0.249 e. The van der Waals surface area contributed by atoms with E-state index >= 15 is 0 Å². The van der Waals surface area contributed by atoms with Crippen molar-refractivity contribution in [2.75, 3.05) is 31.1 Å². The Hall–Kier alpha value is -1.93. The van der Waals surface area contributed by atoms with Gasteiger partial charge in [0.05, 0.1) is 4.90 Å². The van der Waals surface area contributed by atoms with Gasteiger partial charge in [-0.3, -0.25) is 9.59 Å². The molecule has 3 rings (SSSR count). The average Bonchev–Trinajstić information content (AvgIpc) is 3.34. The van der Waals surface area contributed by atoms with Crippen molar-refractivity contribution in [3.8, 4) is 0 Å². The summed E-state index contributed by atoms with van der Waals surface area (Å²) in [6, 6.07) is 4.60. The lowest BCUT2D eigenvalue weighted by Gasteiger charge is -2.29. The highest BCUT2D eigenvalue weighted by atomic mass is 32.2. The maximum atomic E-state index is 13.2. The molecule has 0 N–H and O–H groups in total. The highest BCUT2D eigenvalue weighted by Crippen LogP contribution is 2.33. The topological polar surface area (TPSA) is 78.0 Å². The van der Waals surface area contributed by atoms with E-state index in [0.29, 0.717) is 39.0 Å². The molecule has 2 amide bonds. The standard InChI is InChI=1S/C21H31N3O4S/c1-5-22(6-2)29(27,28)17-9-10-18-16(14-17)11-13-24(18)21(26)19-8-7-12-23(19)20(25)15(3)4/h9-10,14-15,19H,5-8,11-13H2,1-4H3. The van der Waals surface area contributed by atoms with Crippen molar-refractivity contribution in [2.45, 2.75) is 57.9 Å². The Morgan fingerprint density at radius 3 is 2.48 bits per heavy atom. The van der Waals surface area contributed by atoms with Crippen LogP contribution in [0, 0.1) is 5.92 Å². The van der Waals surface area contributed by atoms with Crippen molar-refractivity contribution in [1.29, 1.82) is 0 Å². The van der Waals surface area contributed by atoms with E-state index in [1.54, 1.807) is 28.0 Å². The second-order valence-electron chi connectivity index (χ2n) is 7.96. The number of hydrogen-bond acceptors (Lipinski definition) is 4. The third-order valence-corrected chi connectivity index (χ3v) is 7.92. The monoisotopic (exact) mass is 421 g/mol. The molecule has 2 aliphatic heterocycles. The van der Waals surface area contributed by atoms with E-state index in [-0.39, 0.29) is 22.6 Å². The fraction of sp³-hybridized carbons (Fsp3) is 0.619. The molecule has 8 heteroatoms. The Bertz CT molecular complexity index is 893. The molecular formula is C21H31N3O4S. The number of likely N-dealkylation sites (tertiary alicyclic amines) is 1. The Labute approximate surface area is 173 Å². The van der Waals surface area contributed by atoms with Crippen LogP contribution in [-0.2, 0) is 26.0 Å². The summed E-state index contributed by atoms with van der Waals surface area (Å²) in [6.07, 6.45) is 2.13.